The van der Waals surface area contributed by atoms with Crippen molar-refractivity contribution in [2.24, 2.45) is 0 Å². The Morgan fingerprint density at radius 1 is 1.04 bits per heavy atom. The number of fused-ring (bicyclic) bond motifs is 1. The van der Waals surface area contributed by atoms with E-state index in [1.165, 1.54) is 0 Å². The number of nitrogens with zero attached hydrogens (tertiary/aromatic N) is 2. The summed E-state index contributed by atoms with van der Waals surface area (Å²) in [5.74, 6) is 1.26. The number of nitrogens with one attached hydrogen (secondary N) is 1. The normalized spacial score (nSPS) is 11.0. The molecule has 4 aromatic rings. The van der Waals surface area contributed by atoms with Crippen LogP contribution in [0.15, 0.2) is 59.3 Å². The smallest absolute Gasteiger partial charge is 0.259 e. The van der Waals surface area contributed by atoms with E-state index in [9.17, 15) is 4.79 Å². The summed E-state index contributed by atoms with van der Waals surface area (Å²) in [5.41, 5.74) is 5.01. The Balaban J connectivity index is 1.57. The van der Waals surface area contributed by atoms with Crippen molar-refractivity contribution in [2.45, 2.75) is 20.8 Å². The van der Waals surface area contributed by atoms with Gasteiger partial charge in [-0.25, -0.2) is 4.98 Å². The molecule has 5 heteroatoms. The average molecular weight is 345 g/mol. The monoisotopic (exact) mass is 345 g/mol. The molecule has 0 aliphatic rings. The topological polar surface area (TPSA) is 59.5 Å². The molecule has 0 fully saturated rings. The molecule has 0 spiro atoms. The maximum absolute atomic E-state index is 12.6. The Morgan fingerprint density at radius 3 is 2.46 bits per heavy atom. The third-order valence-corrected chi connectivity index (χ3v) is 4.59. The van der Waals surface area contributed by atoms with Crippen LogP contribution in [0.2, 0.25) is 0 Å². The fourth-order valence-corrected chi connectivity index (χ4v) is 3.12. The molecule has 0 saturated heterocycles. The minimum Gasteiger partial charge on any atom is -0.466 e. The summed E-state index contributed by atoms with van der Waals surface area (Å²) in [6.07, 6.45) is 3.96. The number of benzene rings is 1. The lowest BCUT2D eigenvalue weighted by atomic mass is 10.1. The number of hydrogen-bond acceptors (Lipinski definition) is 3. The predicted molar refractivity (Wildman–Crippen MR) is 102 cm³/mol. The summed E-state index contributed by atoms with van der Waals surface area (Å²) < 4.78 is 7.52. The zero-order valence-corrected chi connectivity index (χ0v) is 14.9. The van der Waals surface area contributed by atoms with Crippen molar-refractivity contribution in [3.63, 3.8) is 0 Å². The molecule has 0 bridgehead atoms. The van der Waals surface area contributed by atoms with E-state index in [0.29, 0.717) is 11.3 Å². The number of carbonyl (C=O) groups excluding carboxylic acids is 1. The van der Waals surface area contributed by atoms with Gasteiger partial charge >= 0.3 is 0 Å². The second-order valence-electron chi connectivity index (χ2n) is 6.34. The maximum atomic E-state index is 12.6. The van der Waals surface area contributed by atoms with Crippen LogP contribution < -0.4 is 5.32 Å². The highest BCUT2D eigenvalue weighted by molar-refractivity contribution is 6.06. The number of imidazole rings is 1. The molecular formula is C21H19N3O2. The van der Waals surface area contributed by atoms with E-state index in [1.807, 2.05) is 73.1 Å². The largest absolute Gasteiger partial charge is 0.466 e. The van der Waals surface area contributed by atoms with E-state index in [1.54, 1.807) is 6.92 Å². The van der Waals surface area contributed by atoms with Gasteiger partial charge in [-0.1, -0.05) is 18.2 Å². The van der Waals surface area contributed by atoms with Crippen LogP contribution in [0.1, 0.15) is 27.4 Å². The second kappa shape index (κ2) is 6.19. The maximum Gasteiger partial charge on any atom is 0.259 e. The molecule has 1 amide bonds. The third-order valence-electron chi connectivity index (χ3n) is 4.59. The van der Waals surface area contributed by atoms with Gasteiger partial charge in [0.25, 0.3) is 5.91 Å². The Bertz CT molecular complexity index is 1070. The van der Waals surface area contributed by atoms with Gasteiger partial charge in [0.1, 0.15) is 17.2 Å². The molecule has 0 aliphatic carbocycles. The van der Waals surface area contributed by atoms with E-state index in [-0.39, 0.29) is 5.91 Å². The number of amides is 1. The van der Waals surface area contributed by atoms with Crippen LogP contribution in [-0.2, 0) is 0 Å². The first-order chi connectivity index (χ1) is 12.5. The van der Waals surface area contributed by atoms with Crippen molar-refractivity contribution < 1.29 is 9.21 Å². The van der Waals surface area contributed by atoms with Crippen molar-refractivity contribution in [2.75, 3.05) is 5.32 Å². The number of aryl methyl sites for hydroxylation is 2. The molecule has 0 radical (unpaired) electrons. The first kappa shape index (κ1) is 16.1. The van der Waals surface area contributed by atoms with E-state index in [2.05, 4.69) is 10.3 Å². The highest BCUT2D eigenvalue weighted by Gasteiger charge is 2.18. The lowest BCUT2D eigenvalue weighted by Gasteiger charge is -2.06. The summed E-state index contributed by atoms with van der Waals surface area (Å²) in [6.45, 7) is 5.57. The molecule has 4 rings (SSSR count). The van der Waals surface area contributed by atoms with Gasteiger partial charge in [0.05, 0.1) is 11.3 Å². The van der Waals surface area contributed by atoms with E-state index in [4.69, 9.17) is 4.42 Å². The molecule has 1 aromatic carbocycles. The molecule has 1 N–H and O–H groups in total. The number of anilines is 1. The van der Waals surface area contributed by atoms with Crippen LogP contribution in [0, 0.1) is 20.8 Å². The fraction of sp³-hybridized carbons (Fsp3) is 0.143. The number of pyridine rings is 1. The highest BCUT2D eigenvalue weighted by atomic mass is 16.3. The minimum atomic E-state index is -0.155. The molecule has 3 aromatic heterocycles. The Morgan fingerprint density at radius 2 is 1.81 bits per heavy atom. The molecule has 0 unspecified atom stereocenters. The highest BCUT2D eigenvalue weighted by Crippen LogP contribution is 2.24. The van der Waals surface area contributed by atoms with Crippen molar-refractivity contribution in [3.8, 4) is 11.3 Å². The lowest BCUT2D eigenvalue weighted by Crippen LogP contribution is -2.13. The standard InChI is InChI=1S/C21H19N3O2/c1-13-14(2)26-15(3)20(13)21(25)22-17-9-7-16(8-10-17)18-12-24-11-5-4-6-19(24)23-18/h4-12H,1-3H3,(H,22,25). The fourth-order valence-electron chi connectivity index (χ4n) is 3.12. The van der Waals surface area contributed by atoms with Gasteiger partial charge in [-0.15, -0.1) is 0 Å². The minimum absolute atomic E-state index is 0.155. The van der Waals surface area contributed by atoms with Crippen LogP contribution in [0.4, 0.5) is 5.69 Å². The Kier molecular flexibility index (Phi) is 3.84. The quantitative estimate of drug-likeness (QED) is 0.582. The van der Waals surface area contributed by atoms with E-state index < -0.39 is 0 Å². The first-order valence-corrected chi connectivity index (χ1v) is 8.45. The van der Waals surface area contributed by atoms with Crippen LogP contribution in [0.25, 0.3) is 16.9 Å². The summed E-state index contributed by atoms with van der Waals surface area (Å²) in [4.78, 5) is 17.2. The summed E-state index contributed by atoms with van der Waals surface area (Å²) in [7, 11) is 0. The summed E-state index contributed by atoms with van der Waals surface area (Å²) in [5, 5.41) is 2.93. The number of furan rings is 1. The third kappa shape index (κ3) is 2.77. The van der Waals surface area contributed by atoms with E-state index >= 15 is 0 Å². The number of hydrogen-bond donors (Lipinski definition) is 1. The van der Waals surface area contributed by atoms with Gasteiger partial charge in [0.2, 0.25) is 0 Å². The van der Waals surface area contributed by atoms with Crippen molar-refractivity contribution in [3.05, 3.63) is 77.5 Å². The number of carbonyl (C=O) groups is 1. The average Bonchev–Trinajstić information content (AvgIpc) is 3.16. The van der Waals surface area contributed by atoms with Crippen molar-refractivity contribution in [1.82, 2.24) is 9.38 Å². The van der Waals surface area contributed by atoms with Gasteiger partial charge < -0.3 is 14.1 Å². The zero-order valence-electron chi connectivity index (χ0n) is 14.9. The Labute approximate surface area is 151 Å². The van der Waals surface area contributed by atoms with Gasteiger partial charge in [0.15, 0.2) is 0 Å². The Hall–Kier alpha value is -3.34. The lowest BCUT2D eigenvalue weighted by molar-refractivity contribution is 0.102. The van der Waals surface area contributed by atoms with Crippen LogP contribution >= 0.6 is 0 Å². The molecule has 0 saturated carbocycles. The van der Waals surface area contributed by atoms with Crippen molar-refractivity contribution in [1.29, 1.82) is 0 Å². The zero-order chi connectivity index (χ0) is 18.3. The summed E-state index contributed by atoms with van der Waals surface area (Å²) in [6, 6.07) is 13.6. The molecule has 5 nitrogen and oxygen atoms in total. The van der Waals surface area contributed by atoms with Crippen molar-refractivity contribution >= 4 is 17.2 Å². The predicted octanol–water partition coefficient (Wildman–Crippen LogP) is 4.77. The molecule has 0 atom stereocenters. The molecular weight excluding hydrogens is 326 g/mol. The molecule has 26 heavy (non-hydrogen) atoms. The van der Waals surface area contributed by atoms with Gasteiger partial charge in [-0.05, 0) is 45.0 Å². The van der Waals surface area contributed by atoms with Gasteiger partial charge in [0, 0.05) is 29.2 Å². The first-order valence-electron chi connectivity index (χ1n) is 8.45. The molecule has 3 heterocycles. The van der Waals surface area contributed by atoms with Crippen LogP contribution in [0.5, 0.6) is 0 Å². The SMILES string of the molecule is Cc1oc(C)c(C(=O)Nc2ccc(-c3cn4ccccc4n3)cc2)c1C. The molecule has 130 valence electrons. The number of aromatic nitrogens is 2. The van der Waals surface area contributed by atoms with Crippen LogP contribution in [-0.4, -0.2) is 15.3 Å². The second-order valence-corrected chi connectivity index (χ2v) is 6.34. The number of rotatable bonds is 3. The summed E-state index contributed by atoms with van der Waals surface area (Å²) >= 11 is 0. The van der Waals surface area contributed by atoms with E-state index in [0.717, 1.165) is 33.9 Å². The van der Waals surface area contributed by atoms with Crippen LogP contribution in [0.3, 0.4) is 0 Å². The molecule has 0 aliphatic heterocycles. The van der Waals surface area contributed by atoms with Gasteiger partial charge in [-0.3, -0.25) is 4.79 Å². The van der Waals surface area contributed by atoms with Gasteiger partial charge in [-0.2, -0.15) is 0 Å².